The lowest BCUT2D eigenvalue weighted by atomic mass is 9.93. The molecule has 4 rings (SSSR count). The van der Waals surface area contributed by atoms with Gasteiger partial charge in [-0.3, -0.25) is 4.79 Å². The highest BCUT2D eigenvalue weighted by Gasteiger charge is 2.24. The summed E-state index contributed by atoms with van der Waals surface area (Å²) in [6, 6.07) is 14.9. The zero-order chi connectivity index (χ0) is 19.8. The fourth-order valence-corrected chi connectivity index (χ4v) is 4.15. The third-order valence-corrected chi connectivity index (χ3v) is 5.76. The van der Waals surface area contributed by atoms with Crippen molar-refractivity contribution in [1.82, 2.24) is 4.98 Å². The first kappa shape index (κ1) is 18.4. The maximum Gasteiger partial charge on any atom is 0.267 e. The van der Waals surface area contributed by atoms with E-state index in [2.05, 4.69) is 59.3 Å². The Morgan fingerprint density at radius 3 is 2.71 bits per heavy atom. The summed E-state index contributed by atoms with van der Waals surface area (Å²) in [7, 11) is 0. The second-order valence-corrected chi connectivity index (χ2v) is 7.65. The molecule has 1 atom stereocenters. The zero-order valence-electron chi connectivity index (χ0n) is 16.4. The Morgan fingerprint density at radius 2 is 2.00 bits per heavy atom. The molecular weight excluding hydrogens is 348 g/mol. The number of rotatable bonds is 4. The van der Waals surface area contributed by atoms with Gasteiger partial charge in [-0.15, -0.1) is 0 Å². The molecule has 0 fully saturated rings. The molecular formula is C23H26N4O. The van der Waals surface area contributed by atoms with Gasteiger partial charge in [-0.1, -0.05) is 43.3 Å². The third-order valence-electron chi connectivity index (χ3n) is 5.76. The molecule has 144 valence electrons. The number of amides is 1. The molecule has 0 saturated carbocycles. The van der Waals surface area contributed by atoms with Crippen LogP contribution in [0.3, 0.4) is 0 Å². The number of pyridine rings is 1. The lowest BCUT2D eigenvalue weighted by molar-refractivity contribution is 0.0994. The van der Waals surface area contributed by atoms with E-state index in [9.17, 15) is 4.79 Å². The minimum atomic E-state index is -0.490. The number of aryl methyl sites for hydroxylation is 1. The molecule has 1 aromatic heterocycles. The molecule has 0 saturated heterocycles. The molecule has 0 radical (unpaired) electrons. The third kappa shape index (κ3) is 3.12. The number of carbonyl (C=O) groups excluding carboxylic acids is 1. The second-order valence-electron chi connectivity index (χ2n) is 7.65. The summed E-state index contributed by atoms with van der Waals surface area (Å²) in [5.74, 6) is -0.435. The number of fused-ring (bicyclic) bond motifs is 2. The number of aromatic nitrogens is 1. The number of hydrogen-bond donors (Lipinski definition) is 2. The van der Waals surface area contributed by atoms with E-state index in [1.54, 1.807) is 0 Å². The summed E-state index contributed by atoms with van der Waals surface area (Å²) >= 11 is 0. The van der Waals surface area contributed by atoms with Crippen molar-refractivity contribution in [2.45, 2.75) is 32.7 Å². The summed E-state index contributed by atoms with van der Waals surface area (Å²) < 4.78 is 0. The molecule has 0 aliphatic carbocycles. The van der Waals surface area contributed by atoms with Crippen molar-refractivity contribution in [3.63, 3.8) is 0 Å². The van der Waals surface area contributed by atoms with Crippen LogP contribution in [0, 0.1) is 6.92 Å². The van der Waals surface area contributed by atoms with Crippen molar-refractivity contribution < 1.29 is 4.79 Å². The largest absolute Gasteiger partial charge is 0.365 e. The van der Waals surface area contributed by atoms with E-state index in [4.69, 9.17) is 11.5 Å². The van der Waals surface area contributed by atoms with Crippen molar-refractivity contribution in [1.29, 1.82) is 0 Å². The van der Waals surface area contributed by atoms with Crippen molar-refractivity contribution in [2.24, 2.45) is 11.5 Å². The number of nitrogens with two attached hydrogens (primary N) is 2. The number of nitrogens with zero attached hydrogens (tertiary/aromatic N) is 2. The smallest absolute Gasteiger partial charge is 0.267 e. The van der Waals surface area contributed by atoms with Gasteiger partial charge in [0, 0.05) is 17.6 Å². The maximum atomic E-state index is 12.0. The summed E-state index contributed by atoms with van der Waals surface area (Å²) in [5, 5.41) is 2.51. The van der Waals surface area contributed by atoms with E-state index in [-0.39, 0.29) is 5.92 Å². The van der Waals surface area contributed by atoms with Gasteiger partial charge in [0.15, 0.2) is 0 Å². The first-order valence-electron chi connectivity index (χ1n) is 9.75. The number of benzene rings is 2. The van der Waals surface area contributed by atoms with Gasteiger partial charge in [0.25, 0.3) is 5.91 Å². The van der Waals surface area contributed by atoms with Gasteiger partial charge in [0.1, 0.15) is 5.69 Å². The molecule has 5 nitrogen and oxygen atoms in total. The molecule has 0 unspecified atom stereocenters. The molecule has 2 heterocycles. The van der Waals surface area contributed by atoms with Crippen molar-refractivity contribution >= 4 is 22.4 Å². The Morgan fingerprint density at radius 1 is 1.25 bits per heavy atom. The van der Waals surface area contributed by atoms with E-state index in [1.165, 1.54) is 27.6 Å². The predicted molar refractivity (Wildman–Crippen MR) is 114 cm³/mol. The minimum Gasteiger partial charge on any atom is -0.365 e. The fraction of sp³-hybridized carbons (Fsp3) is 0.304. The monoisotopic (exact) mass is 374 g/mol. The Hall–Kier alpha value is -2.92. The average Bonchev–Trinajstić information content (AvgIpc) is 2.71. The normalized spacial score (nSPS) is 14.8. The summed E-state index contributed by atoms with van der Waals surface area (Å²) in [6.07, 6.45) is 0.883. The zero-order valence-corrected chi connectivity index (χ0v) is 16.4. The summed E-state index contributed by atoms with van der Waals surface area (Å²) in [5.41, 5.74) is 17.3. The lowest BCUT2D eigenvalue weighted by Gasteiger charge is -2.32. The average molecular weight is 374 g/mol. The summed E-state index contributed by atoms with van der Waals surface area (Å²) in [6.45, 7) is 6.19. The molecule has 1 aliphatic heterocycles. The Kier molecular flexibility index (Phi) is 4.77. The SMILES string of the molecule is Cc1cccc2cccc(N3CCc4cc([C@@H](C)CN)c(C(N)=O)nc4C3)c12. The van der Waals surface area contributed by atoms with Crippen LogP contribution in [0.1, 0.15) is 45.7 Å². The van der Waals surface area contributed by atoms with E-state index in [0.717, 1.165) is 24.2 Å². The highest BCUT2D eigenvalue weighted by molar-refractivity contribution is 5.97. The highest BCUT2D eigenvalue weighted by atomic mass is 16.1. The number of carbonyl (C=O) groups is 1. The molecule has 0 spiro atoms. The predicted octanol–water partition coefficient (Wildman–Crippen LogP) is 3.27. The topological polar surface area (TPSA) is 85.2 Å². The second kappa shape index (κ2) is 7.24. The van der Waals surface area contributed by atoms with Crippen molar-refractivity contribution in [3.05, 3.63) is 70.5 Å². The molecule has 1 amide bonds. The van der Waals surface area contributed by atoms with Gasteiger partial charge >= 0.3 is 0 Å². The molecule has 28 heavy (non-hydrogen) atoms. The Bertz CT molecular complexity index is 1050. The standard InChI is InChI=1S/C23H26N4O/c1-14-5-3-6-16-7-4-8-20(21(14)16)27-10-9-17-11-18(15(2)12-24)22(23(25)28)26-19(17)13-27/h3-8,11,15H,9-10,12-13,24H2,1-2H3,(H2,25,28)/t15-/m0/s1. The van der Waals surface area contributed by atoms with Crippen molar-refractivity contribution in [3.8, 4) is 0 Å². The first-order chi connectivity index (χ1) is 13.5. The fourth-order valence-electron chi connectivity index (χ4n) is 4.15. The molecule has 2 aromatic carbocycles. The summed E-state index contributed by atoms with van der Waals surface area (Å²) in [4.78, 5) is 19.0. The van der Waals surface area contributed by atoms with Gasteiger partial charge in [0.05, 0.1) is 12.2 Å². The molecule has 1 aliphatic rings. The van der Waals surface area contributed by atoms with E-state index >= 15 is 0 Å². The van der Waals surface area contributed by atoms with Gasteiger partial charge in [-0.25, -0.2) is 4.98 Å². The van der Waals surface area contributed by atoms with E-state index in [0.29, 0.717) is 18.8 Å². The first-order valence-corrected chi connectivity index (χ1v) is 9.75. The van der Waals surface area contributed by atoms with Crippen LogP contribution in [0.15, 0.2) is 42.5 Å². The van der Waals surface area contributed by atoms with Crippen LogP contribution in [0.5, 0.6) is 0 Å². The minimum absolute atomic E-state index is 0.0547. The van der Waals surface area contributed by atoms with E-state index < -0.39 is 5.91 Å². The molecule has 5 heteroatoms. The maximum absolute atomic E-state index is 12.0. The van der Waals surface area contributed by atoms with Crippen molar-refractivity contribution in [2.75, 3.05) is 18.0 Å². The molecule has 4 N–H and O–H groups in total. The highest BCUT2D eigenvalue weighted by Crippen LogP contribution is 2.33. The Balaban J connectivity index is 1.77. The number of anilines is 1. The van der Waals surface area contributed by atoms with E-state index in [1.807, 2.05) is 6.92 Å². The Labute approximate surface area is 165 Å². The van der Waals surface area contributed by atoms with Crippen LogP contribution >= 0.6 is 0 Å². The lowest BCUT2D eigenvalue weighted by Crippen LogP contribution is -2.33. The van der Waals surface area contributed by atoms with Crippen LogP contribution in [0.2, 0.25) is 0 Å². The van der Waals surface area contributed by atoms with Gasteiger partial charge in [-0.05, 0) is 54.0 Å². The van der Waals surface area contributed by atoms with Crippen LogP contribution in [0.25, 0.3) is 10.8 Å². The van der Waals surface area contributed by atoms with Gasteiger partial charge < -0.3 is 16.4 Å². The number of primary amides is 1. The van der Waals surface area contributed by atoms with Crippen LogP contribution in [-0.2, 0) is 13.0 Å². The molecule has 0 bridgehead atoms. The van der Waals surface area contributed by atoms with Crippen LogP contribution < -0.4 is 16.4 Å². The number of hydrogen-bond acceptors (Lipinski definition) is 4. The molecule has 3 aromatic rings. The van der Waals surface area contributed by atoms with Gasteiger partial charge in [-0.2, -0.15) is 0 Å². The van der Waals surface area contributed by atoms with Crippen LogP contribution in [-0.4, -0.2) is 24.0 Å². The quantitative estimate of drug-likeness (QED) is 0.734. The van der Waals surface area contributed by atoms with Crippen LogP contribution in [0.4, 0.5) is 5.69 Å². The van der Waals surface area contributed by atoms with Gasteiger partial charge in [0.2, 0.25) is 0 Å².